The second kappa shape index (κ2) is 12.7. The molecular formula is C25H39IN6O. The van der Waals surface area contributed by atoms with E-state index in [4.69, 9.17) is 10.7 Å². The van der Waals surface area contributed by atoms with E-state index in [0.717, 1.165) is 71.2 Å². The van der Waals surface area contributed by atoms with Crippen molar-refractivity contribution in [3.05, 3.63) is 47.5 Å². The number of piperidine rings is 1. The molecule has 1 aromatic rings. The minimum Gasteiger partial charge on any atom is -0.369 e. The van der Waals surface area contributed by atoms with Gasteiger partial charge in [-0.3, -0.25) is 14.6 Å². The van der Waals surface area contributed by atoms with Gasteiger partial charge < -0.3 is 16.0 Å². The van der Waals surface area contributed by atoms with E-state index < -0.39 is 0 Å². The number of hydrogen-bond acceptors (Lipinski definition) is 4. The Morgan fingerprint density at radius 3 is 2.70 bits per heavy atom. The highest BCUT2D eigenvalue weighted by atomic mass is 127. The molecule has 3 aliphatic rings. The fourth-order valence-corrected chi connectivity index (χ4v) is 5.13. The van der Waals surface area contributed by atoms with E-state index in [-0.39, 0.29) is 35.8 Å². The van der Waals surface area contributed by atoms with Gasteiger partial charge in [0.25, 0.3) is 0 Å². The molecule has 2 fully saturated rings. The van der Waals surface area contributed by atoms with Crippen LogP contribution in [-0.4, -0.2) is 78.4 Å². The molecule has 2 atom stereocenters. The van der Waals surface area contributed by atoms with Gasteiger partial charge in [0.2, 0.25) is 5.91 Å². The van der Waals surface area contributed by atoms with Gasteiger partial charge in [0.15, 0.2) is 5.96 Å². The second-order valence-corrected chi connectivity index (χ2v) is 9.28. The summed E-state index contributed by atoms with van der Waals surface area (Å²) >= 11 is 0. The molecule has 0 aliphatic carbocycles. The molecule has 182 valence electrons. The maximum absolute atomic E-state index is 11.6. The number of nitrogens with zero attached hydrogens (tertiary/aromatic N) is 4. The topological polar surface area (TPSA) is 77.2 Å². The number of likely N-dealkylation sites (tertiary alicyclic amines) is 2. The lowest BCUT2D eigenvalue weighted by Gasteiger charge is -2.31. The first-order chi connectivity index (χ1) is 15.6. The van der Waals surface area contributed by atoms with Crippen LogP contribution in [-0.2, 0) is 17.9 Å². The fraction of sp³-hybridized carbons (Fsp3) is 0.600. The minimum atomic E-state index is -0.168. The number of carbonyl (C=O) groups excluding carboxylic acids is 1. The van der Waals surface area contributed by atoms with Gasteiger partial charge >= 0.3 is 0 Å². The van der Waals surface area contributed by atoms with Crippen LogP contribution in [0, 0.1) is 5.92 Å². The standard InChI is InChI=1S/C25H38N6O.HI/c1-2-27-25(31-14-10-23(19-31)30-12-3-4-13-30)28-16-20-7-5-8-21(15-20)17-29-11-6-9-22(18-29)24(26)32;/h3-5,7-8,15,22-23H,2,6,9-14,16-19H2,1H3,(H2,26,32)(H,27,28);1H. The Morgan fingerprint density at radius 2 is 1.94 bits per heavy atom. The smallest absolute Gasteiger partial charge is 0.221 e. The molecule has 2 saturated heterocycles. The summed E-state index contributed by atoms with van der Waals surface area (Å²) in [5, 5.41) is 3.49. The van der Waals surface area contributed by atoms with Crippen LogP contribution in [0.3, 0.4) is 0 Å². The quantitative estimate of drug-likeness (QED) is 0.230. The number of halogens is 1. The molecule has 1 amide bonds. The Labute approximate surface area is 215 Å². The average Bonchev–Trinajstić information content (AvgIpc) is 3.49. The van der Waals surface area contributed by atoms with Crippen LogP contribution < -0.4 is 11.1 Å². The molecule has 33 heavy (non-hydrogen) atoms. The van der Waals surface area contributed by atoms with Crippen molar-refractivity contribution >= 4 is 35.8 Å². The molecule has 1 aromatic carbocycles. The Bertz CT molecular complexity index is 836. The summed E-state index contributed by atoms with van der Waals surface area (Å²) in [6.07, 6.45) is 7.69. The number of rotatable bonds is 7. The predicted octanol–water partition coefficient (Wildman–Crippen LogP) is 2.41. The van der Waals surface area contributed by atoms with Crippen LogP contribution in [0.1, 0.15) is 37.3 Å². The Morgan fingerprint density at radius 1 is 1.15 bits per heavy atom. The number of carbonyl (C=O) groups is 1. The Kier molecular flexibility index (Phi) is 10.0. The molecule has 2 unspecified atom stereocenters. The molecule has 0 radical (unpaired) electrons. The maximum Gasteiger partial charge on any atom is 0.221 e. The molecule has 3 aliphatic heterocycles. The zero-order chi connectivity index (χ0) is 22.3. The molecule has 7 nitrogen and oxygen atoms in total. The molecular weight excluding hydrogens is 527 g/mol. The highest BCUT2D eigenvalue weighted by Gasteiger charge is 2.29. The van der Waals surface area contributed by atoms with Crippen LogP contribution >= 0.6 is 24.0 Å². The summed E-state index contributed by atoms with van der Waals surface area (Å²) in [6.45, 7) is 10.6. The van der Waals surface area contributed by atoms with Crippen molar-refractivity contribution < 1.29 is 4.79 Å². The lowest BCUT2D eigenvalue weighted by atomic mass is 9.97. The van der Waals surface area contributed by atoms with E-state index in [1.165, 1.54) is 17.5 Å². The van der Waals surface area contributed by atoms with Crippen molar-refractivity contribution in [3.63, 3.8) is 0 Å². The molecule has 3 heterocycles. The second-order valence-electron chi connectivity index (χ2n) is 9.28. The molecule has 8 heteroatoms. The van der Waals surface area contributed by atoms with Crippen molar-refractivity contribution in [3.8, 4) is 0 Å². The third-order valence-corrected chi connectivity index (χ3v) is 6.88. The van der Waals surface area contributed by atoms with E-state index in [1.807, 2.05) is 0 Å². The third-order valence-electron chi connectivity index (χ3n) is 6.88. The Hall–Kier alpha value is -1.65. The summed E-state index contributed by atoms with van der Waals surface area (Å²) in [7, 11) is 0. The number of nitrogens with one attached hydrogen (secondary N) is 1. The van der Waals surface area contributed by atoms with Crippen molar-refractivity contribution in [1.82, 2.24) is 20.0 Å². The van der Waals surface area contributed by atoms with Gasteiger partial charge in [-0.15, -0.1) is 24.0 Å². The van der Waals surface area contributed by atoms with Crippen LogP contribution in [0.5, 0.6) is 0 Å². The minimum absolute atomic E-state index is 0. The summed E-state index contributed by atoms with van der Waals surface area (Å²) < 4.78 is 0. The first-order valence-electron chi connectivity index (χ1n) is 12.1. The van der Waals surface area contributed by atoms with Crippen molar-refractivity contribution in [2.24, 2.45) is 16.6 Å². The van der Waals surface area contributed by atoms with E-state index in [9.17, 15) is 4.79 Å². The van der Waals surface area contributed by atoms with E-state index in [0.29, 0.717) is 12.6 Å². The van der Waals surface area contributed by atoms with Crippen LogP contribution in [0.15, 0.2) is 41.4 Å². The number of aliphatic imine (C=N–C) groups is 1. The van der Waals surface area contributed by atoms with Gasteiger partial charge in [0.05, 0.1) is 12.5 Å². The number of amides is 1. The van der Waals surface area contributed by atoms with Crippen LogP contribution in [0.4, 0.5) is 0 Å². The van der Waals surface area contributed by atoms with Gasteiger partial charge in [0, 0.05) is 51.9 Å². The lowest BCUT2D eigenvalue weighted by Crippen LogP contribution is -2.42. The SMILES string of the molecule is CCNC(=NCc1cccc(CN2CCCC(C(N)=O)C2)c1)N1CCC(N2CC=CC2)C1.I. The zero-order valence-electron chi connectivity index (χ0n) is 19.8. The van der Waals surface area contributed by atoms with Crippen LogP contribution in [0.2, 0.25) is 0 Å². The van der Waals surface area contributed by atoms with Gasteiger partial charge in [-0.05, 0) is 43.9 Å². The number of benzene rings is 1. The number of nitrogens with two attached hydrogens (primary N) is 1. The fourth-order valence-electron chi connectivity index (χ4n) is 5.13. The maximum atomic E-state index is 11.6. The molecule has 0 saturated carbocycles. The summed E-state index contributed by atoms with van der Waals surface area (Å²) in [5.41, 5.74) is 8.04. The van der Waals surface area contributed by atoms with E-state index >= 15 is 0 Å². The Balaban J connectivity index is 0.00000306. The number of guanidine groups is 1. The summed E-state index contributed by atoms with van der Waals surface area (Å²) in [4.78, 5) is 23.9. The number of primary amides is 1. The third kappa shape index (κ3) is 7.16. The lowest BCUT2D eigenvalue weighted by molar-refractivity contribution is -0.123. The first kappa shape index (κ1) is 26.0. The first-order valence-corrected chi connectivity index (χ1v) is 12.1. The largest absolute Gasteiger partial charge is 0.369 e. The molecule has 4 rings (SSSR count). The summed E-state index contributed by atoms with van der Waals surface area (Å²) in [5.74, 6) is 0.839. The average molecular weight is 567 g/mol. The highest BCUT2D eigenvalue weighted by Crippen LogP contribution is 2.20. The van der Waals surface area contributed by atoms with Gasteiger partial charge in [-0.2, -0.15) is 0 Å². The molecule has 0 aromatic heterocycles. The monoisotopic (exact) mass is 566 g/mol. The predicted molar refractivity (Wildman–Crippen MR) is 145 cm³/mol. The van der Waals surface area contributed by atoms with Gasteiger partial charge in [-0.25, -0.2) is 4.99 Å². The normalized spacial score (nSPS) is 24.2. The number of hydrogen-bond donors (Lipinski definition) is 2. The van der Waals surface area contributed by atoms with E-state index in [2.05, 4.69) is 63.4 Å². The molecule has 0 bridgehead atoms. The van der Waals surface area contributed by atoms with Crippen molar-refractivity contribution in [2.45, 2.75) is 45.3 Å². The highest BCUT2D eigenvalue weighted by molar-refractivity contribution is 14.0. The van der Waals surface area contributed by atoms with Crippen molar-refractivity contribution in [1.29, 1.82) is 0 Å². The van der Waals surface area contributed by atoms with Crippen LogP contribution in [0.25, 0.3) is 0 Å². The van der Waals surface area contributed by atoms with Gasteiger partial charge in [0.1, 0.15) is 0 Å². The summed E-state index contributed by atoms with van der Waals surface area (Å²) in [6, 6.07) is 9.31. The molecule has 0 spiro atoms. The van der Waals surface area contributed by atoms with Gasteiger partial charge in [-0.1, -0.05) is 36.4 Å². The van der Waals surface area contributed by atoms with E-state index in [1.54, 1.807) is 0 Å². The molecule has 3 N–H and O–H groups in total. The van der Waals surface area contributed by atoms with Crippen molar-refractivity contribution in [2.75, 3.05) is 45.8 Å². The zero-order valence-corrected chi connectivity index (χ0v) is 22.1.